The molecule has 0 aliphatic rings. The van der Waals surface area contributed by atoms with E-state index in [2.05, 4.69) is 18.2 Å². The van der Waals surface area contributed by atoms with Crippen LogP contribution in [-0.4, -0.2) is 16.3 Å². The maximum Gasteiger partial charge on any atom is 0.317 e. The van der Waals surface area contributed by atoms with E-state index in [4.69, 9.17) is 0 Å². The van der Waals surface area contributed by atoms with Crippen LogP contribution in [0.5, 0.6) is 0 Å². The molecule has 20 heavy (non-hydrogen) atoms. The SMILES string of the molecule is Cc1ccc(C)c(C[C@@H](Sc2ccccc2)C(=O)O)c1. The van der Waals surface area contributed by atoms with E-state index in [0.717, 1.165) is 16.0 Å². The van der Waals surface area contributed by atoms with Gasteiger partial charge in [0.2, 0.25) is 0 Å². The summed E-state index contributed by atoms with van der Waals surface area (Å²) in [4.78, 5) is 12.5. The van der Waals surface area contributed by atoms with Crippen molar-refractivity contribution in [1.29, 1.82) is 0 Å². The molecule has 2 aromatic carbocycles. The summed E-state index contributed by atoms with van der Waals surface area (Å²) in [6, 6.07) is 15.9. The molecule has 2 aromatic rings. The van der Waals surface area contributed by atoms with Crippen molar-refractivity contribution in [2.75, 3.05) is 0 Å². The predicted octanol–water partition coefficient (Wildman–Crippen LogP) is 4.09. The molecule has 1 atom stereocenters. The molecule has 0 saturated carbocycles. The Hall–Kier alpha value is -1.74. The van der Waals surface area contributed by atoms with Gasteiger partial charge in [0.15, 0.2) is 0 Å². The number of carbonyl (C=O) groups is 1. The Morgan fingerprint density at radius 1 is 1.15 bits per heavy atom. The Kier molecular flexibility index (Phi) is 4.85. The molecule has 0 aliphatic heterocycles. The van der Waals surface area contributed by atoms with Gasteiger partial charge in [-0.15, -0.1) is 11.8 Å². The highest BCUT2D eigenvalue weighted by molar-refractivity contribution is 8.00. The fraction of sp³-hybridized carbons (Fsp3) is 0.235. The molecule has 2 nitrogen and oxygen atoms in total. The fourth-order valence-electron chi connectivity index (χ4n) is 2.06. The number of hydrogen-bond acceptors (Lipinski definition) is 2. The van der Waals surface area contributed by atoms with E-state index in [1.54, 1.807) is 0 Å². The molecular weight excluding hydrogens is 268 g/mol. The highest BCUT2D eigenvalue weighted by Gasteiger charge is 2.20. The average molecular weight is 286 g/mol. The smallest absolute Gasteiger partial charge is 0.317 e. The molecule has 104 valence electrons. The van der Waals surface area contributed by atoms with Crippen LogP contribution >= 0.6 is 11.8 Å². The van der Waals surface area contributed by atoms with Crippen LogP contribution < -0.4 is 0 Å². The normalized spacial score (nSPS) is 12.1. The van der Waals surface area contributed by atoms with Crippen molar-refractivity contribution < 1.29 is 9.90 Å². The lowest BCUT2D eigenvalue weighted by atomic mass is 10.0. The number of thioether (sulfide) groups is 1. The second-order valence-electron chi connectivity index (χ2n) is 4.89. The first kappa shape index (κ1) is 14.7. The zero-order valence-corrected chi connectivity index (χ0v) is 12.5. The third-order valence-corrected chi connectivity index (χ3v) is 4.40. The lowest BCUT2D eigenvalue weighted by Gasteiger charge is -2.14. The summed E-state index contributed by atoms with van der Waals surface area (Å²) in [5, 5.41) is 8.97. The first-order valence-corrected chi connectivity index (χ1v) is 7.45. The van der Waals surface area contributed by atoms with Crippen molar-refractivity contribution in [3.8, 4) is 0 Å². The van der Waals surface area contributed by atoms with E-state index in [1.807, 2.05) is 44.2 Å². The second-order valence-corrected chi connectivity index (χ2v) is 6.17. The van der Waals surface area contributed by atoms with E-state index >= 15 is 0 Å². The molecule has 0 saturated heterocycles. The van der Waals surface area contributed by atoms with Gasteiger partial charge in [-0.25, -0.2) is 0 Å². The minimum absolute atomic E-state index is 0.460. The Labute approximate surface area is 123 Å². The Balaban J connectivity index is 2.18. The second kappa shape index (κ2) is 6.62. The van der Waals surface area contributed by atoms with Crippen molar-refractivity contribution in [3.63, 3.8) is 0 Å². The Morgan fingerprint density at radius 3 is 2.50 bits per heavy atom. The molecule has 0 radical (unpaired) electrons. The number of carboxylic acid groups (broad SMARTS) is 1. The molecule has 0 unspecified atom stereocenters. The van der Waals surface area contributed by atoms with E-state index in [-0.39, 0.29) is 0 Å². The maximum atomic E-state index is 11.5. The third kappa shape index (κ3) is 3.87. The van der Waals surface area contributed by atoms with E-state index < -0.39 is 11.2 Å². The quantitative estimate of drug-likeness (QED) is 0.841. The third-order valence-electron chi connectivity index (χ3n) is 3.21. The van der Waals surface area contributed by atoms with Gasteiger partial charge < -0.3 is 5.11 Å². The Bertz CT molecular complexity index is 593. The highest BCUT2D eigenvalue weighted by Crippen LogP contribution is 2.27. The fourth-order valence-corrected chi connectivity index (χ4v) is 3.07. The van der Waals surface area contributed by atoms with Gasteiger partial charge >= 0.3 is 5.97 Å². The zero-order valence-electron chi connectivity index (χ0n) is 11.7. The molecule has 0 bridgehead atoms. The monoisotopic (exact) mass is 286 g/mol. The van der Waals surface area contributed by atoms with E-state index in [9.17, 15) is 9.90 Å². The first-order valence-electron chi connectivity index (χ1n) is 6.57. The van der Waals surface area contributed by atoms with Crippen LogP contribution in [0.3, 0.4) is 0 Å². The summed E-state index contributed by atoms with van der Waals surface area (Å²) in [5.74, 6) is -0.764. The lowest BCUT2D eigenvalue weighted by Crippen LogP contribution is -2.19. The molecule has 3 heteroatoms. The van der Waals surface area contributed by atoms with Gasteiger partial charge in [0.05, 0.1) is 0 Å². The summed E-state index contributed by atoms with van der Waals surface area (Å²) >= 11 is 1.41. The standard InChI is InChI=1S/C17H18O2S/c1-12-8-9-13(2)14(10-12)11-16(17(18)19)20-15-6-4-3-5-7-15/h3-10,16H,11H2,1-2H3,(H,18,19)/t16-/m1/s1. The number of carboxylic acids is 1. The summed E-state index contributed by atoms with van der Waals surface area (Å²) in [6.07, 6.45) is 0.544. The summed E-state index contributed by atoms with van der Waals surface area (Å²) < 4.78 is 0. The first-order chi connectivity index (χ1) is 9.56. The van der Waals surface area contributed by atoms with Gasteiger partial charge in [-0.1, -0.05) is 42.0 Å². The summed E-state index contributed by atoms with van der Waals surface area (Å²) in [6.45, 7) is 4.06. The summed E-state index contributed by atoms with van der Waals surface area (Å²) in [5.41, 5.74) is 3.43. The van der Waals surface area contributed by atoms with Gasteiger partial charge in [-0.3, -0.25) is 4.79 Å². The van der Waals surface area contributed by atoms with Gasteiger partial charge in [-0.05, 0) is 43.5 Å². The number of hydrogen-bond donors (Lipinski definition) is 1. The van der Waals surface area contributed by atoms with Crippen LogP contribution in [0.1, 0.15) is 16.7 Å². The van der Waals surface area contributed by atoms with E-state index in [0.29, 0.717) is 6.42 Å². The van der Waals surface area contributed by atoms with Crippen molar-refractivity contribution in [2.24, 2.45) is 0 Å². The van der Waals surface area contributed by atoms with Crippen LogP contribution in [0.15, 0.2) is 53.4 Å². The summed E-state index contributed by atoms with van der Waals surface area (Å²) in [7, 11) is 0. The van der Waals surface area contributed by atoms with Gasteiger partial charge in [0, 0.05) is 4.90 Å². The predicted molar refractivity (Wildman–Crippen MR) is 83.3 cm³/mol. The molecule has 2 rings (SSSR count). The molecule has 0 amide bonds. The number of aryl methyl sites for hydroxylation is 2. The van der Waals surface area contributed by atoms with Crippen LogP contribution in [0.4, 0.5) is 0 Å². The largest absolute Gasteiger partial charge is 0.480 e. The molecule has 0 fully saturated rings. The van der Waals surface area contributed by atoms with Gasteiger partial charge in [0.1, 0.15) is 5.25 Å². The van der Waals surface area contributed by atoms with Crippen molar-refractivity contribution in [2.45, 2.75) is 30.4 Å². The van der Waals surface area contributed by atoms with Crippen LogP contribution in [0.25, 0.3) is 0 Å². The number of benzene rings is 2. The molecule has 0 aromatic heterocycles. The van der Waals surface area contributed by atoms with Crippen LogP contribution in [0, 0.1) is 13.8 Å². The minimum Gasteiger partial charge on any atom is -0.480 e. The number of aliphatic carboxylic acids is 1. The average Bonchev–Trinajstić information content (AvgIpc) is 2.43. The topological polar surface area (TPSA) is 37.3 Å². The lowest BCUT2D eigenvalue weighted by molar-refractivity contribution is -0.136. The number of rotatable bonds is 5. The van der Waals surface area contributed by atoms with E-state index in [1.165, 1.54) is 17.3 Å². The highest BCUT2D eigenvalue weighted by atomic mass is 32.2. The van der Waals surface area contributed by atoms with Crippen LogP contribution in [-0.2, 0) is 11.2 Å². The molecule has 0 spiro atoms. The molecule has 0 aliphatic carbocycles. The molecule has 1 N–H and O–H groups in total. The molecular formula is C17H18O2S. The Morgan fingerprint density at radius 2 is 1.85 bits per heavy atom. The van der Waals surface area contributed by atoms with Gasteiger partial charge in [0.25, 0.3) is 0 Å². The van der Waals surface area contributed by atoms with Crippen molar-refractivity contribution in [1.82, 2.24) is 0 Å². The minimum atomic E-state index is -0.764. The van der Waals surface area contributed by atoms with Gasteiger partial charge in [-0.2, -0.15) is 0 Å². The van der Waals surface area contributed by atoms with Crippen molar-refractivity contribution in [3.05, 3.63) is 65.2 Å². The molecule has 0 heterocycles. The van der Waals surface area contributed by atoms with Crippen molar-refractivity contribution >= 4 is 17.7 Å². The van der Waals surface area contributed by atoms with Crippen LogP contribution in [0.2, 0.25) is 0 Å². The maximum absolute atomic E-state index is 11.5. The zero-order chi connectivity index (χ0) is 14.5.